The lowest BCUT2D eigenvalue weighted by Crippen LogP contribution is -2.39. The highest BCUT2D eigenvalue weighted by atomic mass is 16.1. The fourth-order valence-electron chi connectivity index (χ4n) is 4.23. The van der Waals surface area contributed by atoms with E-state index in [1.807, 2.05) is 23.0 Å². The Hall–Kier alpha value is -3.72. The molecule has 0 radical (unpaired) electrons. The van der Waals surface area contributed by atoms with Gasteiger partial charge in [-0.25, -0.2) is 9.97 Å². The summed E-state index contributed by atoms with van der Waals surface area (Å²) in [5.41, 5.74) is 10.2. The second kappa shape index (κ2) is 8.19. The summed E-state index contributed by atoms with van der Waals surface area (Å²) in [7, 11) is 0. The minimum atomic E-state index is -0.258. The van der Waals surface area contributed by atoms with E-state index in [2.05, 4.69) is 54.6 Å². The molecule has 1 aliphatic heterocycles. The fourth-order valence-corrected chi connectivity index (χ4v) is 4.23. The number of amides is 1. The standard InChI is InChI=1S/C22H24N8O/c23-20(31)14-29-8-5-16(6-9-29)15-1-3-18(4-2-15)28-21-22-24-7-10-30(22)19(13-25-21)17-11-26-27-12-17/h1-4,7,10-13,16H,5-6,8-9,14H2,(H2,23,31)(H,25,28)(H,26,27). The van der Waals surface area contributed by atoms with Gasteiger partial charge in [0.2, 0.25) is 5.91 Å². The molecule has 9 nitrogen and oxygen atoms in total. The molecule has 3 aromatic heterocycles. The van der Waals surface area contributed by atoms with Crippen molar-refractivity contribution in [3.63, 3.8) is 0 Å². The van der Waals surface area contributed by atoms with Crippen molar-refractivity contribution in [2.24, 2.45) is 5.73 Å². The SMILES string of the molecule is NC(=O)CN1CCC(c2ccc(Nc3ncc(-c4cn[nH]c4)n4ccnc34)cc2)CC1. The number of piperidine rings is 1. The number of primary amides is 1. The third-order valence-electron chi connectivity index (χ3n) is 5.83. The van der Waals surface area contributed by atoms with E-state index < -0.39 is 0 Å². The van der Waals surface area contributed by atoms with Crippen molar-refractivity contribution in [2.45, 2.75) is 18.8 Å². The van der Waals surface area contributed by atoms with Crippen molar-refractivity contribution in [1.29, 1.82) is 0 Å². The molecule has 1 aliphatic rings. The summed E-state index contributed by atoms with van der Waals surface area (Å²) in [4.78, 5) is 22.3. The third kappa shape index (κ3) is 3.99. The number of fused-ring (bicyclic) bond motifs is 1. The lowest BCUT2D eigenvalue weighted by molar-refractivity contribution is -0.119. The van der Waals surface area contributed by atoms with E-state index in [1.54, 1.807) is 12.4 Å². The Labute approximate surface area is 179 Å². The zero-order chi connectivity index (χ0) is 21.2. The van der Waals surface area contributed by atoms with Crippen LogP contribution in [0.5, 0.6) is 0 Å². The van der Waals surface area contributed by atoms with Gasteiger partial charge in [-0.15, -0.1) is 0 Å². The van der Waals surface area contributed by atoms with Gasteiger partial charge < -0.3 is 11.1 Å². The molecule has 9 heteroatoms. The van der Waals surface area contributed by atoms with Crippen LogP contribution >= 0.6 is 0 Å². The van der Waals surface area contributed by atoms with Gasteiger partial charge in [0.1, 0.15) is 0 Å². The molecule has 0 bridgehead atoms. The number of benzene rings is 1. The van der Waals surface area contributed by atoms with Crippen LogP contribution in [0.25, 0.3) is 16.9 Å². The number of imidazole rings is 1. The molecule has 0 aliphatic carbocycles. The molecular formula is C22H24N8O. The summed E-state index contributed by atoms with van der Waals surface area (Å²) in [6.45, 7) is 2.15. The van der Waals surface area contributed by atoms with Crippen molar-refractivity contribution >= 4 is 23.1 Å². The number of hydrogen-bond donors (Lipinski definition) is 3. The maximum atomic E-state index is 11.1. The van der Waals surface area contributed by atoms with Crippen LogP contribution in [0.15, 0.2) is 55.2 Å². The Bertz CT molecular complexity index is 1170. The first-order valence-corrected chi connectivity index (χ1v) is 10.4. The first-order chi connectivity index (χ1) is 15.2. The van der Waals surface area contributed by atoms with Crippen LogP contribution in [0.1, 0.15) is 24.3 Å². The molecule has 31 heavy (non-hydrogen) atoms. The minimum Gasteiger partial charge on any atom is -0.369 e. The van der Waals surface area contributed by atoms with E-state index in [0.717, 1.165) is 48.5 Å². The van der Waals surface area contributed by atoms with E-state index >= 15 is 0 Å². The second-order valence-electron chi connectivity index (χ2n) is 7.86. The Morgan fingerprint density at radius 3 is 2.68 bits per heavy atom. The Balaban J connectivity index is 1.30. The van der Waals surface area contributed by atoms with E-state index in [9.17, 15) is 4.79 Å². The quantitative estimate of drug-likeness (QED) is 0.445. The minimum absolute atomic E-state index is 0.258. The normalized spacial score (nSPS) is 15.4. The Kier molecular flexibility index (Phi) is 5.09. The number of anilines is 2. The summed E-state index contributed by atoms with van der Waals surface area (Å²) >= 11 is 0. The maximum Gasteiger partial charge on any atom is 0.231 e. The highest BCUT2D eigenvalue weighted by Gasteiger charge is 2.21. The van der Waals surface area contributed by atoms with Gasteiger partial charge in [-0.3, -0.25) is 19.2 Å². The molecule has 1 saturated heterocycles. The van der Waals surface area contributed by atoms with E-state index in [1.165, 1.54) is 5.56 Å². The van der Waals surface area contributed by atoms with Crippen molar-refractivity contribution in [3.05, 3.63) is 60.8 Å². The van der Waals surface area contributed by atoms with Crippen LogP contribution < -0.4 is 11.1 Å². The third-order valence-corrected chi connectivity index (χ3v) is 5.83. The summed E-state index contributed by atoms with van der Waals surface area (Å²) in [5.74, 6) is 0.946. The first kappa shape index (κ1) is 19.3. The number of nitrogens with zero attached hydrogens (tertiary/aromatic N) is 5. The van der Waals surface area contributed by atoms with Crippen LogP contribution in [0.2, 0.25) is 0 Å². The molecule has 5 rings (SSSR count). The van der Waals surface area contributed by atoms with Gasteiger partial charge in [0.25, 0.3) is 0 Å². The van der Waals surface area contributed by atoms with Gasteiger partial charge >= 0.3 is 0 Å². The molecule has 4 aromatic rings. The van der Waals surface area contributed by atoms with Gasteiger partial charge in [-0.1, -0.05) is 12.1 Å². The maximum absolute atomic E-state index is 11.1. The fraction of sp³-hybridized carbons (Fsp3) is 0.273. The number of carbonyl (C=O) groups is 1. The molecule has 0 unspecified atom stereocenters. The van der Waals surface area contributed by atoms with Gasteiger partial charge in [-0.2, -0.15) is 5.10 Å². The van der Waals surface area contributed by atoms with Crippen molar-refractivity contribution in [2.75, 3.05) is 25.0 Å². The van der Waals surface area contributed by atoms with Crippen LogP contribution in [-0.2, 0) is 4.79 Å². The Morgan fingerprint density at radius 2 is 1.97 bits per heavy atom. The van der Waals surface area contributed by atoms with Gasteiger partial charge in [-0.05, 0) is 49.5 Å². The average Bonchev–Trinajstić information content (AvgIpc) is 3.47. The molecule has 0 spiro atoms. The number of H-pyrrole nitrogens is 1. The number of hydrogen-bond acceptors (Lipinski definition) is 6. The summed E-state index contributed by atoms with van der Waals surface area (Å²) in [6, 6.07) is 8.49. The molecule has 1 fully saturated rings. The van der Waals surface area contributed by atoms with Gasteiger partial charge in [0.05, 0.1) is 24.6 Å². The number of aromatic amines is 1. The number of likely N-dealkylation sites (tertiary alicyclic amines) is 1. The molecule has 1 aromatic carbocycles. The number of nitrogens with one attached hydrogen (secondary N) is 2. The number of aromatic nitrogens is 5. The van der Waals surface area contributed by atoms with Crippen molar-refractivity contribution in [1.82, 2.24) is 29.5 Å². The summed E-state index contributed by atoms with van der Waals surface area (Å²) in [5, 5.41) is 10.2. The number of carbonyl (C=O) groups excluding carboxylic acids is 1. The molecular weight excluding hydrogens is 392 g/mol. The van der Waals surface area contributed by atoms with Crippen LogP contribution in [-0.4, -0.2) is 55.0 Å². The molecule has 0 saturated carbocycles. The number of nitrogens with two attached hydrogens (primary N) is 1. The largest absolute Gasteiger partial charge is 0.369 e. The summed E-state index contributed by atoms with van der Waals surface area (Å²) in [6.07, 6.45) is 11.2. The molecule has 4 heterocycles. The van der Waals surface area contributed by atoms with E-state index in [-0.39, 0.29) is 5.91 Å². The first-order valence-electron chi connectivity index (χ1n) is 10.4. The smallest absolute Gasteiger partial charge is 0.231 e. The lowest BCUT2D eigenvalue weighted by Gasteiger charge is -2.31. The summed E-state index contributed by atoms with van der Waals surface area (Å²) < 4.78 is 1.99. The van der Waals surface area contributed by atoms with Crippen molar-refractivity contribution < 1.29 is 4.79 Å². The zero-order valence-corrected chi connectivity index (χ0v) is 17.0. The van der Waals surface area contributed by atoms with Gasteiger partial charge in [0.15, 0.2) is 11.5 Å². The average molecular weight is 416 g/mol. The predicted octanol–water partition coefficient (Wildman–Crippen LogP) is 2.53. The van der Waals surface area contributed by atoms with Crippen LogP contribution in [0.4, 0.5) is 11.5 Å². The molecule has 4 N–H and O–H groups in total. The predicted molar refractivity (Wildman–Crippen MR) is 118 cm³/mol. The monoisotopic (exact) mass is 416 g/mol. The molecule has 1 amide bonds. The van der Waals surface area contributed by atoms with Crippen molar-refractivity contribution in [3.8, 4) is 11.3 Å². The lowest BCUT2D eigenvalue weighted by atomic mass is 9.89. The molecule has 0 atom stereocenters. The number of rotatable bonds is 6. The van der Waals surface area contributed by atoms with Crippen LogP contribution in [0, 0.1) is 0 Å². The highest BCUT2D eigenvalue weighted by molar-refractivity contribution is 5.76. The van der Waals surface area contributed by atoms with E-state index in [0.29, 0.717) is 18.3 Å². The van der Waals surface area contributed by atoms with Crippen LogP contribution in [0.3, 0.4) is 0 Å². The van der Waals surface area contributed by atoms with E-state index in [4.69, 9.17) is 5.73 Å². The van der Waals surface area contributed by atoms with Gasteiger partial charge in [0, 0.05) is 29.8 Å². The highest BCUT2D eigenvalue weighted by Crippen LogP contribution is 2.30. The Morgan fingerprint density at radius 1 is 1.16 bits per heavy atom. The second-order valence-corrected chi connectivity index (χ2v) is 7.86. The molecule has 158 valence electrons. The topological polar surface area (TPSA) is 117 Å². The zero-order valence-electron chi connectivity index (χ0n) is 17.0.